The fourth-order valence-corrected chi connectivity index (χ4v) is 4.92. The molecule has 8 heteroatoms. The molecule has 168 valence electrons. The van der Waals surface area contributed by atoms with E-state index in [0.29, 0.717) is 38.6 Å². The third-order valence-electron chi connectivity index (χ3n) is 4.77. The molecule has 0 atom stereocenters. The SMILES string of the molecule is CCOc1cc(/C=C2/SC(=S)N(c3cccc(Br)c3)C2=O)ccc1OCc1ccccc1F. The quantitative estimate of drug-likeness (QED) is 0.237. The van der Waals surface area contributed by atoms with Crippen molar-refractivity contribution in [2.45, 2.75) is 13.5 Å². The van der Waals surface area contributed by atoms with E-state index in [0.717, 1.165) is 10.0 Å². The Morgan fingerprint density at radius 1 is 1.06 bits per heavy atom. The minimum atomic E-state index is -0.320. The summed E-state index contributed by atoms with van der Waals surface area (Å²) >= 11 is 10.1. The Morgan fingerprint density at radius 3 is 2.64 bits per heavy atom. The number of thiocarbonyl (C=S) groups is 1. The van der Waals surface area contributed by atoms with E-state index >= 15 is 0 Å². The predicted octanol–water partition coefficient (Wildman–Crippen LogP) is 6.97. The van der Waals surface area contributed by atoms with Crippen LogP contribution in [0.1, 0.15) is 18.1 Å². The Balaban J connectivity index is 1.56. The second-order valence-corrected chi connectivity index (χ2v) is 9.61. The summed E-state index contributed by atoms with van der Waals surface area (Å²) in [6, 6.07) is 19.3. The van der Waals surface area contributed by atoms with Gasteiger partial charge in [0.15, 0.2) is 15.8 Å². The van der Waals surface area contributed by atoms with Gasteiger partial charge in [0.05, 0.1) is 17.2 Å². The number of carbonyl (C=O) groups excluding carboxylic acids is 1. The molecule has 0 bridgehead atoms. The van der Waals surface area contributed by atoms with Crippen molar-refractivity contribution in [2.24, 2.45) is 0 Å². The third-order valence-corrected chi connectivity index (χ3v) is 6.56. The smallest absolute Gasteiger partial charge is 0.270 e. The lowest BCUT2D eigenvalue weighted by atomic mass is 10.1. The van der Waals surface area contributed by atoms with Crippen LogP contribution in [0.15, 0.2) is 76.1 Å². The van der Waals surface area contributed by atoms with Gasteiger partial charge < -0.3 is 9.47 Å². The number of amides is 1. The number of anilines is 1. The lowest BCUT2D eigenvalue weighted by Crippen LogP contribution is -2.27. The second kappa shape index (κ2) is 10.5. The fraction of sp³-hybridized carbons (Fsp3) is 0.120. The molecule has 3 aromatic rings. The minimum Gasteiger partial charge on any atom is -0.490 e. The maximum Gasteiger partial charge on any atom is 0.270 e. The molecule has 0 N–H and O–H groups in total. The molecule has 1 heterocycles. The molecule has 0 radical (unpaired) electrons. The normalized spacial score (nSPS) is 14.8. The Bertz CT molecular complexity index is 1250. The van der Waals surface area contributed by atoms with Gasteiger partial charge in [-0.15, -0.1) is 0 Å². The van der Waals surface area contributed by atoms with Crippen molar-refractivity contribution in [2.75, 3.05) is 11.5 Å². The van der Waals surface area contributed by atoms with Crippen LogP contribution in [-0.2, 0) is 11.4 Å². The Hall–Kier alpha value is -2.68. The first-order valence-corrected chi connectivity index (χ1v) is 12.1. The topological polar surface area (TPSA) is 38.8 Å². The first-order chi connectivity index (χ1) is 16.0. The van der Waals surface area contributed by atoms with E-state index < -0.39 is 0 Å². The van der Waals surface area contributed by atoms with Gasteiger partial charge in [0.25, 0.3) is 5.91 Å². The van der Waals surface area contributed by atoms with Crippen LogP contribution in [0.3, 0.4) is 0 Å². The summed E-state index contributed by atoms with van der Waals surface area (Å²) in [6.45, 7) is 2.39. The third kappa shape index (κ3) is 5.46. The number of halogens is 2. The number of carbonyl (C=O) groups is 1. The minimum absolute atomic E-state index is 0.0807. The Kier molecular flexibility index (Phi) is 7.47. The molecule has 33 heavy (non-hydrogen) atoms. The van der Waals surface area contributed by atoms with E-state index in [-0.39, 0.29) is 18.3 Å². The highest BCUT2D eigenvalue weighted by atomic mass is 79.9. The summed E-state index contributed by atoms with van der Waals surface area (Å²) in [6.07, 6.45) is 1.78. The fourth-order valence-electron chi connectivity index (χ4n) is 3.23. The van der Waals surface area contributed by atoms with Crippen LogP contribution in [0.25, 0.3) is 6.08 Å². The Morgan fingerprint density at radius 2 is 1.88 bits per heavy atom. The van der Waals surface area contributed by atoms with Crippen molar-refractivity contribution in [3.05, 3.63) is 93.1 Å². The highest BCUT2D eigenvalue weighted by Crippen LogP contribution is 2.38. The number of rotatable bonds is 7. The highest BCUT2D eigenvalue weighted by molar-refractivity contribution is 9.10. The van der Waals surface area contributed by atoms with Gasteiger partial charge in [0, 0.05) is 10.0 Å². The van der Waals surface area contributed by atoms with Crippen molar-refractivity contribution < 1.29 is 18.7 Å². The molecule has 0 spiro atoms. The van der Waals surface area contributed by atoms with Crippen molar-refractivity contribution >= 4 is 61.9 Å². The summed E-state index contributed by atoms with van der Waals surface area (Å²) in [5.41, 5.74) is 1.94. The molecule has 1 aliphatic heterocycles. The molecule has 3 aromatic carbocycles. The van der Waals surface area contributed by atoms with Gasteiger partial charge in [-0.05, 0) is 55.0 Å². The van der Waals surface area contributed by atoms with Crippen LogP contribution in [0.5, 0.6) is 11.5 Å². The highest BCUT2D eigenvalue weighted by Gasteiger charge is 2.33. The monoisotopic (exact) mass is 543 g/mol. The van der Waals surface area contributed by atoms with Crippen molar-refractivity contribution in [3.63, 3.8) is 0 Å². The summed E-state index contributed by atoms with van der Waals surface area (Å²) < 4.78 is 26.8. The summed E-state index contributed by atoms with van der Waals surface area (Å²) in [7, 11) is 0. The van der Waals surface area contributed by atoms with E-state index in [2.05, 4.69) is 15.9 Å². The molecule has 0 aromatic heterocycles. The number of nitrogens with zero attached hydrogens (tertiary/aromatic N) is 1. The predicted molar refractivity (Wildman–Crippen MR) is 138 cm³/mol. The number of hydrogen-bond donors (Lipinski definition) is 0. The standard InChI is InChI=1S/C25H19BrFNO3S2/c1-2-30-22-12-16(10-11-21(22)31-15-17-6-3-4-9-20(17)27)13-23-24(29)28(25(32)33-23)19-8-5-7-18(26)14-19/h3-14H,2,15H2,1H3/b23-13+. The molecule has 4 rings (SSSR count). The summed E-state index contributed by atoms with van der Waals surface area (Å²) in [5, 5.41) is 0. The average molecular weight is 544 g/mol. The molecule has 0 saturated carbocycles. The molecule has 1 saturated heterocycles. The second-order valence-electron chi connectivity index (χ2n) is 7.02. The lowest BCUT2D eigenvalue weighted by Gasteiger charge is -2.14. The number of ether oxygens (including phenoxy) is 2. The van der Waals surface area contributed by atoms with Crippen LogP contribution in [-0.4, -0.2) is 16.8 Å². The zero-order valence-electron chi connectivity index (χ0n) is 17.6. The van der Waals surface area contributed by atoms with E-state index in [9.17, 15) is 9.18 Å². The summed E-state index contributed by atoms with van der Waals surface area (Å²) in [5.74, 6) is 0.518. The van der Waals surface area contributed by atoms with Crippen molar-refractivity contribution in [3.8, 4) is 11.5 Å². The molecular weight excluding hydrogens is 525 g/mol. The van der Waals surface area contributed by atoms with E-state index in [1.807, 2.05) is 37.3 Å². The van der Waals surface area contributed by atoms with Crippen LogP contribution in [0.2, 0.25) is 0 Å². The lowest BCUT2D eigenvalue weighted by molar-refractivity contribution is -0.113. The molecule has 4 nitrogen and oxygen atoms in total. The van der Waals surface area contributed by atoms with Crippen LogP contribution >= 0.6 is 39.9 Å². The number of thioether (sulfide) groups is 1. The first kappa shape index (κ1) is 23.5. The van der Waals surface area contributed by atoms with E-state index in [1.165, 1.54) is 22.7 Å². The van der Waals surface area contributed by atoms with Gasteiger partial charge >= 0.3 is 0 Å². The number of hydrogen-bond acceptors (Lipinski definition) is 5. The van der Waals surface area contributed by atoms with Crippen molar-refractivity contribution in [1.29, 1.82) is 0 Å². The average Bonchev–Trinajstić information content (AvgIpc) is 3.07. The maximum atomic E-state index is 13.9. The molecule has 1 aliphatic rings. The van der Waals surface area contributed by atoms with E-state index in [1.54, 1.807) is 36.4 Å². The largest absolute Gasteiger partial charge is 0.490 e. The molecule has 0 aliphatic carbocycles. The van der Waals surface area contributed by atoms with E-state index in [4.69, 9.17) is 21.7 Å². The number of benzene rings is 3. The van der Waals surface area contributed by atoms with Crippen LogP contribution < -0.4 is 14.4 Å². The van der Waals surface area contributed by atoms with Gasteiger partial charge in [0.2, 0.25) is 0 Å². The maximum absolute atomic E-state index is 13.9. The summed E-state index contributed by atoms with van der Waals surface area (Å²) in [4.78, 5) is 15.1. The van der Waals surface area contributed by atoms with Gasteiger partial charge in [-0.1, -0.05) is 70.2 Å². The van der Waals surface area contributed by atoms with Gasteiger partial charge in [-0.3, -0.25) is 9.69 Å². The zero-order valence-corrected chi connectivity index (χ0v) is 20.8. The van der Waals surface area contributed by atoms with Crippen molar-refractivity contribution in [1.82, 2.24) is 0 Å². The van der Waals surface area contributed by atoms with Crippen LogP contribution in [0.4, 0.5) is 10.1 Å². The van der Waals surface area contributed by atoms with Crippen LogP contribution in [0, 0.1) is 5.82 Å². The van der Waals surface area contributed by atoms with Gasteiger partial charge in [-0.25, -0.2) is 4.39 Å². The van der Waals surface area contributed by atoms with Gasteiger partial charge in [-0.2, -0.15) is 0 Å². The molecule has 1 fully saturated rings. The Labute approximate surface area is 209 Å². The zero-order chi connectivity index (χ0) is 23.4. The molecular formula is C25H19BrFNO3S2. The van der Waals surface area contributed by atoms with Gasteiger partial charge in [0.1, 0.15) is 12.4 Å². The molecule has 1 amide bonds. The molecule has 0 unspecified atom stereocenters. The first-order valence-electron chi connectivity index (χ1n) is 10.1.